The number of carbonyl (C=O) groups is 2. The number of furan rings is 1. The van der Waals surface area contributed by atoms with Crippen LogP contribution in [0.15, 0.2) is 76.7 Å². The van der Waals surface area contributed by atoms with Crippen molar-refractivity contribution in [2.45, 2.75) is 0 Å². The highest BCUT2D eigenvalue weighted by molar-refractivity contribution is 6.13. The molecule has 0 saturated heterocycles. The van der Waals surface area contributed by atoms with Crippen LogP contribution in [0.2, 0.25) is 0 Å². The fourth-order valence-electron chi connectivity index (χ4n) is 2.40. The van der Waals surface area contributed by atoms with Gasteiger partial charge in [-0.15, -0.1) is 0 Å². The molecule has 0 atom stereocenters. The number of benzene rings is 2. The zero-order chi connectivity index (χ0) is 18.5. The number of allylic oxidation sites excluding steroid dienone is 1. The molecule has 0 unspecified atom stereocenters. The lowest BCUT2D eigenvalue weighted by atomic mass is 10.0. The molecule has 5 heteroatoms. The molecule has 126 valence electrons. The van der Waals surface area contributed by atoms with E-state index in [1.165, 1.54) is 18.2 Å². The van der Waals surface area contributed by atoms with E-state index in [-0.39, 0.29) is 16.9 Å². The summed E-state index contributed by atoms with van der Waals surface area (Å²) in [4.78, 5) is 23.3. The number of ketones is 1. The third kappa shape index (κ3) is 3.60. The zero-order valence-corrected chi connectivity index (χ0v) is 13.5. The van der Waals surface area contributed by atoms with E-state index in [9.17, 15) is 14.9 Å². The average Bonchev–Trinajstić information content (AvgIpc) is 3.15. The number of carboxylic acids is 1. The van der Waals surface area contributed by atoms with Gasteiger partial charge >= 0.3 is 5.97 Å². The highest BCUT2D eigenvalue weighted by Gasteiger charge is 2.13. The zero-order valence-electron chi connectivity index (χ0n) is 13.5. The first-order valence-corrected chi connectivity index (χ1v) is 7.73. The van der Waals surface area contributed by atoms with Gasteiger partial charge in [0, 0.05) is 17.2 Å². The first-order chi connectivity index (χ1) is 12.6. The molecule has 5 nitrogen and oxygen atoms in total. The summed E-state index contributed by atoms with van der Waals surface area (Å²) in [5, 5.41) is 18.2. The second kappa shape index (κ2) is 7.32. The van der Waals surface area contributed by atoms with E-state index in [1.54, 1.807) is 54.6 Å². The molecule has 1 heterocycles. The van der Waals surface area contributed by atoms with Crippen molar-refractivity contribution in [3.05, 3.63) is 89.2 Å². The Morgan fingerprint density at radius 3 is 2.23 bits per heavy atom. The van der Waals surface area contributed by atoms with Crippen molar-refractivity contribution in [2.24, 2.45) is 0 Å². The Morgan fingerprint density at radius 2 is 1.62 bits per heavy atom. The smallest absolute Gasteiger partial charge is 0.335 e. The maximum atomic E-state index is 12.4. The van der Waals surface area contributed by atoms with Crippen molar-refractivity contribution in [3.63, 3.8) is 0 Å². The van der Waals surface area contributed by atoms with Gasteiger partial charge < -0.3 is 9.52 Å². The van der Waals surface area contributed by atoms with Crippen LogP contribution in [0.3, 0.4) is 0 Å². The number of nitriles is 1. The standard InChI is InChI=1S/C21H13NO4/c22-13-17(20(23)15-4-2-1-3-5-15)12-18-10-11-19(26-18)14-6-8-16(9-7-14)21(24)25/h1-12H,(H,24,25)/b17-12+. The topological polar surface area (TPSA) is 91.3 Å². The Hall–Kier alpha value is -3.91. The van der Waals surface area contributed by atoms with E-state index >= 15 is 0 Å². The van der Waals surface area contributed by atoms with Crippen LogP contribution in [0.25, 0.3) is 17.4 Å². The molecule has 0 fully saturated rings. The van der Waals surface area contributed by atoms with Gasteiger partial charge in [0.15, 0.2) is 0 Å². The molecule has 1 N–H and O–H groups in total. The first-order valence-electron chi connectivity index (χ1n) is 7.73. The molecule has 0 saturated carbocycles. The Kier molecular flexibility index (Phi) is 4.77. The van der Waals surface area contributed by atoms with Gasteiger partial charge in [0.25, 0.3) is 0 Å². The first kappa shape index (κ1) is 16.9. The van der Waals surface area contributed by atoms with Gasteiger partial charge in [0.05, 0.1) is 5.56 Å². The predicted octanol–water partition coefficient (Wildman–Crippen LogP) is 4.43. The number of Topliss-reactive ketones (excluding diaryl/α,β-unsaturated/α-hetero) is 1. The summed E-state index contributed by atoms with van der Waals surface area (Å²) in [7, 11) is 0. The third-order valence-corrected chi connectivity index (χ3v) is 3.73. The number of hydrogen-bond acceptors (Lipinski definition) is 4. The number of aromatic carboxylic acids is 1. The second-order valence-corrected chi connectivity index (χ2v) is 5.45. The van der Waals surface area contributed by atoms with Gasteiger partial charge in [-0.2, -0.15) is 5.26 Å². The van der Waals surface area contributed by atoms with Crippen molar-refractivity contribution in [3.8, 4) is 17.4 Å². The van der Waals surface area contributed by atoms with Crippen LogP contribution in [0.4, 0.5) is 0 Å². The number of nitrogens with zero attached hydrogens (tertiary/aromatic N) is 1. The summed E-state index contributed by atoms with van der Waals surface area (Å²) in [6.07, 6.45) is 1.39. The third-order valence-electron chi connectivity index (χ3n) is 3.73. The SMILES string of the molecule is N#C/C(=C\c1ccc(-c2ccc(C(=O)O)cc2)o1)C(=O)c1ccccc1. The van der Waals surface area contributed by atoms with Crippen LogP contribution < -0.4 is 0 Å². The molecule has 3 rings (SSSR count). The summed E-state index contributed by atoms with van der Waals surface area (Å²) in [6, 6.07) is 20.0. The Morgan fingerprint density at radius 1 is 0.923 bits per heavy atom. The maximum Gasteiger partial charge on any atom is 0.335 e. The lowest BCUT2D eigenvalue weighted by molar-refractivity contribution is 0.0696. The fourth-order valence-corrected chi connectivity index (χ4v) is 2.40. The molecule has 0 spiro atoms. The fraction of sp³-hybridized carbons (Fsp3) is 0. The predicted molar refractivity (Wildman–Crippen MR) is 95.5 cm³/mol. The van der Waals surface area contributed by atoms with Crippen LogP contribution >= 0.6 is 0 Å². The molecule has 0 aliphatic carbocycles. The maximum absolute atomic E-state index is 12.4. The van der Waals surface area contributed by atoms with Crippen LogP contribution in [0, 0.1) is 11.3 Å². The van der Waals surface area contributed by atoms with E-state index in [1.807, 2.05) is 6.07 Å². The molecule has 0 amide bonds. The Balaban J connectivity index is 1.86. The number of hydrogen-bond donors (Lipinski definition) is 1. The molecule has 0 radical (unpaired) electrons. The molecule has 3 aromatic rings. The van der Waals surface area contributed by atoms with Gasteiger partial charge in [-0.25, -0.2) is 4.79 Å². The van der Waals surface area contributed by atoms with Crippen molar-refractivity contribution in [2.75, 3.05) is 0 Å². The summed E-state index contributed by atoms with van der Waals surface area (Å²) in [6.45, 7) is 0. The minimum Gasteiger partial charge on any atom is -0.478 e. The van der Waals surface area contributed by atoms with Crippen molar-refractivity contribution >= 4 is 17.8 Å². The highest BCUT2D eigenvalue weighted by atomic mass is 16.4. The van der Waals surface area contributed by atoms with Crippen LogP contribution in [0.1, 0.15) is 26.5 Å². The lowest BCUT2D eigenvalue weighted by Crippen LogP contribution is -2.01. The largest absolute Gasteiger partial charge is 0.478 e. The molecule has 0 bridgehead atoms. The van der Waals surface area contributed by atoms with Gasteiger partial charge in [-0.05, 0) is 24.3 Å². The monoisotopic (exact) mass is 343 g/mol. The normalized spacial score (nSPS) is 11.0. The van der Waals surface area contributed by atoms with E-state index in [2.05, 4.69) is 0 Å². The lowest BCUT2D eigenvalue weighted by Gasteiger charge is -1.99. The van der Waals surface area contributed by atoms with E-state index in [4.69, 9.17) is 9.52 Å². The van der Waals surface area contributed by atoms with Crippen molar-refractivity contribution < 1.29 is 19.1 Å². The minimum atomic E-state index is -1.00. The van der Waals surface area contributed by atoms with Crippen molar-refractivity contribution in [1.82, 2.24) is 0 Å². The summed E-state index contributed by atoms with van der Waals surface area (Å²) in [5.41, 5.74) is 1.28. The molecule has 26 heavy (non-hydrogen) atoms. The van der Waals surface area contributed by atoms with E-state index < -0.39 is 5.97 Å². The number of carboxylic acid groups (broad SMARTS) is 1. The molecule has 2 aromatic carbocycles. The van der Waals surface area contributed by atoms with Crippen LogP contribution in [-0.2, 0) is 0 Å². The Bertz CT molecular complexity index is 1020. The minimum absolute atomic E-state index is 0.0293. The van der Waals surface area contributed by atoms with Gasteiger partial charge in [0.1, 0.15) is 23.2 Å². The summed E-state index contributed by atoms with van der Waals surface area (Å²) in [5.74, 6) is -0.504. The van der Waals surface area contributed by atoms with Gasteiger partial charge in [-0.3, -0.25) is 4.79 Å². The molecular weight excluding hydrogens is 330 g/mol. The van der Waals surface area contributed by atoms with Gasteiger partial charge in [0.2, 0.25) is 5.78 Å². The summed E-state index contributed by atoms with van der Waals surface area (Å²) >= 11 is 0. The quantitative estimate of drug-likeness (QED) is 0.420. The van der Waals surface area contributed by atoms with Crippen LogP contribution in [0.5, 0.6) is 0 Å². The number of rotatable bonds is 5. The van der Waals surface area contributed by atoms with E-state index in [0.717, 1.165) is 0 Å². The van der Waals surface area contributed by atoms with Crippen LogP contribution in [-0.4, -0.2) is 16.9 Å². The highest BCUT2D eigenvalue weighted by Crippen LogP contribution is 2.24. The second-order valence-electron chi connectivity index (χ2n) is 5.45. The van der Waals surface area contributed by atoms with E-state index in [0.29, 0.717) is 22.6 Å². The summed E-state index contributed by atoms with van der Waals surface area (Å²) < 4.78 is 5.66. The molecule has 0 aliphatic heterocycles. The average molecular weight is 343 g/mol. The van der Waals surface area contributed by atoms with Crippen molar-refractivity contribution in [1.29, 1.82) is 5.26 Å². The molecular formula is C21H13NO4. The molecule has 0 aliphatic rings. The number of carbonyl (C=O) groups excluding carboxylic acids is 1. The molecule has 1 aromatic heterocycles. The van der Waals surface area contributed by atoms with Gasteiger partial charge in [-0.1, -0.05) is 42.5 Å². The Labute approximate surface area is 149 Å².